The molecule has 0 aliphatic carbocycles. The highest BCUT2D eigenvalue weighted by atomic mass is 35.5. The highest BCUT2D eigenvalue weighted by Gasteiger charge is 1.91. The molecular weight excluding hydrogens is 223 g/mol. The summed E-state index contributed by atoms with van der Waals surface area (Å²) in [7, 11) is 1.90. The molecule has 0 saturated carbocycles. The molecule has 1 aromatic carbocycles. The standard InChI is InChI=1S/C9H14N2O.2ClH/c1-11-6-7-12-9-4-2-8(10)3-5-9;;/h2-5,11H,6-7,10H2,1H3;2*1H. The fourth-order valence-corrected chi connectivity index (χ4v) is 0.835. The van der Waals surface area contributed by atoms with E-state index in [0.717, 1.165) is 18.0 Å². The van der Waals surface area contributed by atoms with Gasteiger partial charge in [-0.1, -0.05) is 0 Å². The molecule has 0 spiro atoms. The second kappa shape index (κ2) is 8.94. The van der Waals surface area contributed by atoms with Crippen molar-refractivity contribution < 1.29 is 4.74 Å². The van der Waals surface area contributed by atoms with E-state index in [1.54, 1.807) is 0 Å². The Hall–Kier alpha value is -0.640. The van der Waals surface area contributed by atoms with Crippen molar-refractivity contribution in [3.63, 3.8) is 0 Å². The maximum absolute atomic E-state index is 5.51. The van der Waals surface area contributed by atoms with E-state index < -0.39 is 0 Å². The summed E-state index contributed by atoms with van der Waals surface area (Å²) in [5, 5.41) is 3.00. The first-order valence-corrected chi connectivity index (χ1v) is 3.96. The number of hydrogen-bond acceptors (Lipinski definition) is 3. The summed E-state index contributed by atoms with van der Waals surface area (Å²) in [6.07, 6.45) is 0. The van der Waals surface area contributed by atoms with Gasteiger partial charge >= 0.3 is 0 Å². The predicted molar refractivity (Wildman–Crippen MR) is 64.8 cm³/mol. The molecule has 0 heterocycles. The first-order valence-electron chi connectivity index (χ1n) is 3.96. The van der Waals surface area contributed by atoms with Crippen molar-refractivity contribution in [3.8, 4) is 5.75 Å². The highest BCUT2D eigenvalue weighted by molar-refractivity contribution is 5.85. The number of nitrogens with one attached hydrogen (secondary N) is 1. The van der Waals surface area contributed by atoms with Crippen LogP contribution in [-0.4, -0.2) is 20.2 Å². The smallest absolute Gasteiger partial charge is 0.119 e. The summed E-state index contributed by atoms with van der Waals surface area (Å²) in [6.45, 7) is 1.53. The van der Waals surface area contributed by atoms with Gasteiger partial charge in [-0.25, -0.2) is 0 Å². The molecule has 0 fully saturated rings. The van der Waals surface area contributed by atoms with Crippen molar-refractivity contribution in [2.24, 2.45) is 0 Å². The maximum atomic E-state index is 5.51. The SMILES string of the molecule is CNCCOc1ccc(N)cc1.Cl.Cl. The Kier molecular flexibility index (Phi) is 10.1. The molecule has 0 aromatic heterocycles. The van der Waals surface area contributed by atoms with Gasteiger partial charge in [0, 0.05) is 12.2 Å². The van der Waals surface area contributed by atoms with Crippen LogP contribution in [0, 0.1) is 0 Å². The molecule has 3 N–H and O–H groups in total. The monoisotopic (exact) mass is 238 g/mol. The second-order valence-electron chi connectivity index (χ2n) is 2.52. The Bertz CT molecular complexity index is 229. The Morgan fingerprint density at radius 2 is 1.79 bits per heavy atom. The van der Waals surface area contributed by atoms with Crippen LogP contribution >= 0.6 is 24.8 Å². The van der Waals surface area contributed by atoms with E-state index in [4.69, 9.17) is 10.5 Å². The number of hydrogen-bond donors (Lipinski definition) is 2. The fourth-order valence-electron chi connectivity index (χ4n) is 0.835. The van der Waals surface area contributed by atoms with Crippen LogP contribution in [0.15, 0.2) is 24.3 Å². The molecule has 1 aromatic rings. The molecule has 0 unspecified atom stereocenters. The number of ether oxygens (including phenoxy) is 1. The minimum Gasteiger partial charge on any atom is -0.492 e. The van der Waals surface area contributed by atoms with Gasteiger partial charge in [-0.05, 0) is 31.3 Å². The summed E-state index contributed by atoms with van der Waals surface area (Å²) in [5.41, 5.74) is 6.27. The van der Waals surface area contributed by atoms with Gasteiger partial charge in [-0.15, -0.1) is 24.8 Å². The number of benzene rings is 1. The second-order valence-corrected chi connectivity index (χ2v) is 2.52. The lowest BCUT2D eigenvalue weighted by atomic mass is 10.3. The van der Waals surface area contributed by atoms with E-state index in [1.807, 2.05) is 31.3 Å². The zero-order chi connectivity index (χ0) is 8.81. The van der Waals surface area contributed by atoms with E-state index in [2.05, 4.69) is 5.32 Å². The molecular formula is C9H16Cl2N2O. The van der Waals surface area contributed by atoms with Gasteiger partial charge in [-0.3, -0.25) is 0 Å². The summed E-state index contributed by atoms with van der Waals surface area (Å²) in [6, 6.07) is 7.39. The van der Waals surface area contributed by atoms with Crippen LogP contribution in [0.3, 0.4) is 0 Å². The average molecular weight is 239 g/mol. The normalized spacial score (nSPS) is 8.36. The Morgan fingerprint density at radius 3 is 2.29 bits per heavy atom. The minimum atomic E-state index is 0. The van der Waals surface area contributed by atoms with Crippen molar-refractivity contribution in [1.29, 1.82) is 0 Å². The largest absolute Gasteiger partial charge is 0.492 e. The molecule has 0 bridgehead atoms. The number of anilines is 1. The molecule has 3 nitrogen and oxygen atoms in total. The molecule has 82 valence electrons. The highest BCUT2D eigenvalue weighted by Crippen LogP contribution is 2.12. The molecule has 0 aliphatic heterocycles. The lowest BCUT2D eigenvalue weighted by Crippen LogP contribution is -2.15. The van der Waals surface area contributed by atoms with Gasteiger partial charge in [0.1, 0.15) is 12.4 Å². The topological polar surface area (TPSA) is 47.3 Å². The summed E-state index contributed by atoms with van der Waals surface area (Å²) < 4.78 is 5.38. The van der Waals surface area contributed by atoms with Crippen LogP contribution in [0.2, 0.25) is 0 Å². The fraction of sp³-hybridized carbons (Fsp3) is 0.333. The summed E-state index contributed by atoms with van der Waals surface area (Å²) >= 11 is 0. The van der Waals surface area contributed by atoms with Gasteiger partial charge < -0.3 is 15.8 Å². The number of likely N-dealkylation sites (N-methyl/N-ethyl adjacent to an activating group) is 1. The first-order chi connectivity index (χ1) is 5.83. The number of rotatable bonds is 4. The van der Waals surface area contributed by atoms with E-state index in [9.17, 15) is 0 Å². The zero-order valence-corrected chi connectivity index (χ0v) is 9.66. The zero-order valence-electron chi connectivity index (χ0n) is 8.03. The molecule has 0 radical (unpaired) electrons. The molecule has 0 atom stereocenters. The van der Waals surface area contributed by atoms with Crippen molar-refractivity contribution in [3.05, 3.63) is 24.3 Å². The van der Waals surface area contributed by atoms with E-state index >= 15 is 0 Å². The van der Waals surface area contributed by atoms with Crippen LogP contribution < -0.4 is 15.8 Å². The Labute approximate surface area is 96.8 Å². The summed E-state index contributed by atoms with van der Waals surface area (Å²) in [5.74, 6) is 0.861. The lowest BCUT2D eigenvalue weighted by molar-refractivity contribution is 0.318. The molecule has 0 saturated heterocycles. The predicted octanol–water partition coefficient (Wildman–Crippen LogP) is 1.71. The van der Waals surface area contributed by atoms with Crippen molar-refractivity contribution >= 4 is 30.5 Å². The quantitative estimate of drug-likeness (QED) is 0.621. The molecule has 14 heavy (non-hydrogen) atoms. The van der Waals surface area contributed by atoms with Crippen LogP contribution in [0.1, 0.15) is 0 Å². The van der Waals surface area contributed by atoms with E-state index in [-0.39, 0.29) is 24.8 Å². The number of halogens is 2. The van der Waals surface area contributed by atoms with Gasteiger partial charge in [0.2, 0.25) is 0 Å². The maximum Gasteiger partial charge on any atom is 0.119 e. The third-order valence-electron chi connectivity index (χ3n) is 1.50. The third-order valence-corrected chi connectivity index (χ3v) is 1.50. The van der Waals surface area contributed by atoms with Crippen molar-refractivity contribution in [1.82, 2.24) is 5.32 Å². The number of nitrogen functional groups attached to an aromatic ring is 1. The molecule has 0 aliphatic rings. The minimum absolute atomic E-state index is 0. The lowest BCUT2D eigenvalue weighted by Gasteiger charge is -2.04. The van der Waals surface area contributed by atoms with Crippen LogP contribution in [-0.2, 0) is 0 Å². The molecule has 1 rings (SSSR count). The number of nitrogens with two attached hydrogens (primary N) is 1. The van der Waals surface area contributed by atoms with Crippen molar-refractivity contribution in [2.45, 2.75) is 0 Å². The van der Waals surface area contributed by atoms with Gasteiger partial charge in [0.25, 0.3) is 0 Å². The van der Waals surface area contributed by atoms with Gasteiger partial charge in [0.05, 0.1) is 0 Å². The first kappa shape index (κ1) is 15.8. The van der Waals surface area contributed by atoms with Crippen molar-refractivity contribution in [2.75, 3.05) is 25.9 Å². The van der Waals surface area contributed by atoms with E-state index in [1.165, 1.54) is 0 Å². The van der Waals surface area contributed by atoms with Crippen LogP contribution in [0.4, 0.5) is 5.69 Å². The van der Waals surface area contributed by atoms with Gasteiger partial charge in [-0.2, -0.15) is 0 Å². The average Bonchev–Trinajstić information content (AvgIpc) is 2.09. The Balaban J connectivity index is 0. The van der Waals surface area contributed by atoms with Gasteiger partial charge in [0.15, 0.2) is 0 Å². The molecule has 0 amide bonds. The van der Waals surface area contributed by atoms with E-state index in [0.29, 0.717) is 6.61 Å². The Morgan fingerprint density at radius 1 is 1.21 bits per heavy atom. The van der Waals surface area contributed by atoms with Crippen LogP contribution in [0.5, 0.6) is 5.75 Å². The van der Waals surface area contributed by atoms with Crippen LogP contribution in [0.25, 0.3) is 0 Å². The molecule has 5 heteroatoms. The third kappa shape index (κ3) is 5.91. The summed E-state index contributed by atoms with van der Waals surface area (Å²) in [4.78, 5) is 0.